The summed E-state index contributed by atoms with van der Waals surface area (Å²) in [5.74, 6) is 2.38. The molecule has 0 aliphatic heterocycles. The van der Waals surface area contributed by atoms with Gasteiger partial charge in [-0.3, -0.25) is 4.79 Å². The summed E-state index contributed by atoms with van der Waals surface area (Å²) in [5, 5.41) is 5.89. The average Bonchev–Trinajstić information content (AvgIpc) is 3.18. The molecular formula is C20H28N2O2. The fourth-order valence-electron chi connectivity index (χ4n) is 4.44. The molecule has 2 saturated carbocycles. The van der Waals surface area contributed by atoms with Gasteiger partial charge in [0, 0.05) is 24.6 Å². The standard InChI is InChI=1S/C20H28N2O2/c1-13-3-6-16(7-4-13)19(23)9-10-21-20(24)22-14(2)18-12-15-5-8-17(18)11-15/h3-4,6-7,14-15,17-18H,5,8-12H2,1-2H3,(H2,21,22,24). The van der Waals surface area contributed by atoms with E-state index in [-0.39, 0.29) is 17.9 Å². The minimum Gasteiger partial charge on any atom is -0.338 e. The molecule has 130 valence electrons. The van der Waals surface area contributed by atoms with Crippen LogP contribution in [0.3, 0.4) is 0 Å². The molecule has 0 saturated heterocycles. The fourth-order valence-corrected chi connectivity index (χ4v) is 4.44. The van der Waals surface area contributed by atoms with Crippen LogP contribution >= 0.6 is 0 Å². The number of carbonyl (C=O) groups is 2. The smallest absolute Gasteiger partial charge is 0.315 e. The fraction of sp³-hybridized carbons (Fsp3) is 0.600. The third-order valence-electron chi connectivity index (χ3n) is 5.80. The van der Waals surface area contributed by atoms with Crippen molar-refractivity contribution in [3.8, 4) is 0 Å². The average molecular weight is 328 g/mol. The van der Waals surface area contributed by atoms with Gasteiger partial charge in [0.2, 0.25) is 0 Å². The number of hydrogen-bond acceptors (Lipinski definition) is 2. The first-order chi connectivity index (χ1) is 11.5. The van der Waals surface area contributed by atoms with Gasteiger partial charge in [0.1, 0.15) is 0 Å². The van der Waals surface area contributed by atoms with Gasteiger partial charge in [-0.25, -0.2) is 4.79 Å². The molecule has 1 aromatic rings. The predicted molar refractivity (Wildman–Crippen MR) is 95.1 cm³/mol. The first kappa shape index (κ1) is 17.0. The summed E-state index contributed by atoms with van der Waals surface area (Å²) in [7, 11) is 0. The Balaban J connectivity index is 1.38. The van der Waals surface area contributed by atoms with Crippen molar-refractivity contribution in [3.63, 3.8) is 0 Å². The van der Waals surface area contributed by atoms with Crippen LogP contribution in [0.2, 0.25) is 0 Å². The molecule has 2 fully saturated rings. The molecular weight excluding hydrogens is 300 g/mol. The molecule has 2 bridgehead atoms. The Kier molecular flexibility index (Phi) is 5.22. The highest BCUT2D eigenvalue weighted by molar-refractivity contribution is 5.96. The van der Waals surface area contributed by atoms with Crippen LogP contribution in [0.5, 0.6) is 0 Å². The van der Waals surface area contributed by atoms with Gasteiger partial charge in [-0.15, -0.1) is 0 Å². The molecule has 0 radical (unpaired) electrons. The molecule has 4 nitrogen and oxygen atoms in total. The highest BCUT2D eigenvalue weighted by Crippen LogP contribution is 2.49. The predicted octanol–water partition coefficient (Wildman–Crippen LogP) is 3.69. The lowest BCUT2D eigenvalue weighted by Crippen LogP contribution is -2.45. The summed E-state index contributed by atoms with van der Waals surface area (Å²) in [6.07, 6.45) is 5.65. The summed E-state index contributed by atoms with van der Waals surface area (Å²) in [6, 6.07) is 7.62. The molecule has 1 aromatic carbocycles. The molecule has 24 heavy (non-hydrogen) atoms. The Morgan fingerprint density at radius 2 is 1.92 bits per heavy atom. The number of fused-ring (bicyclic) bond motifs is 2. The summed E-state index contributed by atoms with van der Waals surface area (Å²) >= 11 is 0. The van der Waals surface area contributed by atoms with Crippen LogP contribution in [-0.2, 0) is 0 Å². The van der Waals surface area contributed by atoms with Gasteiger partial charge >= 0.3 is 6.03 Å². The Hall–Kier alpha value is -1.84. The number of aryl methyl sites for hydroxylation is 1. The second-order valence-corrected chi connectivity index (χ2v) is 7.57. The monoisotopic (exact) mass is 328 g/mol. The lowest BCUT2D eigenvalue weighted by atomic mass is 9.84. The maximum Gasteiger partial charge on any atom is 0.315 e. The van der Waals surface area contributed by atoms with Gasteiger partial charge in [0.05, 0.1) is 0 Å². The van der Waals surface area contributed by atoms with Gasteiger partial charge in [-0.1, -0.05) is 36.2 Å². The van der Waals surface area contributed by atoms with E-state index < -0.39 is 0 Å². The minimum atomic E-state index is -0.151. The van der Waals surface area contributed by atoms with E-state index in [9.17, 15) is 9.59 Å². The number of carbonyl (C=O) groups excluding carboxylic acids is 2. The van der Waals surface area contributed by atoms with Crippen molar-refractivity contribution in [2.24, 2.45) is 17.8 Å². The van der Waals surface area contributed by atoms with E-state index in [1.807, 2.05) is 31.2 Å². The Morgan fingerprint density at radius 1 is 1.17 bits per heavy atom. The van der Waals surface area contributed by atoms with Crippen molar-refractivity contribution >= 4 is 11.8 Å². The summed E-state index contributed by atoms with van der Waals surface area (Å²) in [6.45, 7) is 4.49. The first-order valence-electron chi connectivity index (χ1n) is 9.17. The number of Topliss-reactive ketones (excluding diaryl/α,β-unsaturated/α-hetero) is 1. The molecule has 0 aromatic heterocycles. The molecule has 0 heterocycles. The lowest BCUT2D eigenvalue weighted by molar-refractivity contribution is 0.0983. The van der Waals surface area contributed by atoms with Crippen LogP contribution in [0, 0.1) is 24.7 Å². The molecule has 4 atom stereocenters. The quantitative estimate of drug-likeness (QED) is 0.782. The van der Waals surface area contributed by atoms with Gasteiger partial charge in [-0.2, -0.15) is 0 Å². The number of benzene rings is 1. The highest BCUT2D eigenvalue weighted by Gasteiger charge is 2.42. The number of hydrogen-bond donors (Lipinski definition) is 2. The first-order valence-corrected chi connectivity index (χ1v) is 9.17. The summed E-state index contributed by atoms with van der Waals surface area (Å²) in [5.41, 5.74) is 1.84. The molecule has 4 heteroatoms. The van der Waals surface area contributed by atoms with Gasteiger partial charge in [0.15, 0.2) is 5.78 Å². The third kappa shape index (κ3) is 3.97. The molecule has 2 amide bonds. The van der Waals surface area contributed by atoms with Crippen molar-refractivity contribution in [3.05, 3.63) is 35.4 Å². The van der Waals surface area contributed by atoms with Crippen LogP contribution in [0.25, 0.3) is 0 Å². The summed E-state index contributed by atoms with van der Waals surface area (Å²) < 4.78 is 0. The molecule has 2 aliphatic carbocycles. The van der Waals surface area contributed by atoms with E-state index in [0.29, 0.717) is 24.4 Å². The van der Waals surface area contributed by atoms with Crippen molar-refractivity contribution in [2.75, 3.05) is 6.54 Å². The van der Waals surface area contributed by atoms with E-state index in [1.165, 1.54) is 25.7 Å². The van der Waals surface area contributed by atoms with Gasteiger partial charge in [0.25, 0.3) is 0 Å². The second-order valence-electron chi connectivity index (χ2n) is 7.57. The third-order valence-corrected chi connectivity index (χ3v) is 5.80. The molecule has 2 aliphatic rings. The van der Waals surface area contributed by atoms with Crippen molar-refractivity contribution in [1.29, 1.82) is 0 Å². The SMILES string of the molecule is Cc1ccc(C(=O)CCNC(=O)NC(C)C2CC3CCC2C3)cc1. The lowest BCUT2D eigenvalue weighted by Gasteiger charge is -2.28. The topological polar surface area (TPSA) is 58.2 Å². The molecule has 2 N–H and O–H groups in total. The van der Waals surface area contributed by atoms with Gasteiger partial charge in [-0.05, 0) is 50.9 Å². The van der Waals surface area contributed by atoms with E-state index in [2.05, 4.69) is 17.6 Å². The Morgan fingerprint density at radius 3 is 2.54 bits per heavy atom. The Labute approximate surface area is 144 Å². The number of rotatable bonds is 6. The van der Waals surface area contributed by atoms with E-state index in [4.69, 9.17) is 0 Å². The molecule has 0 spiro atoms. The maximum absolute atomic E-state index is 12.1. The van der Waals surface area contributed by atoms with Crippen LogP contribution in [0.4, 0.5) is 4.79 Å². The highest BCUT2D eigenvalue weighted by atomic mass is 16.2. The van der Waals surface area contributed by atoms with Crippen molar-refractivity contribution in [2.45, 2.75) is 52.0 Å². The zero-order valence-corrected chi connectivity index (χ0v) is 14.7. The van der Waals surface area contributed by atoms with Crippen LogP contribution in [-0.4, -0.2) is 24.4 Å². The van der Waals surface area contributed by atoms with Crippen LogP contribution < -0.4 is 10.6 Å². The number of nitrogens with one attached hydrogen (secondary N) is 2. The van der Waals surface area contributed by atoms with Crippen molar-refractivity contribution in [1.82, 2.24) is 10.6 Å². The van der Waals surface area contributed by atoms with Crippen molar-refractivity contribution < 1.29 is 9.59 Å². The minimum absolute atomic E-state index is 0.0662. The largest absolute Gasteiger partial charge is 0.338 e. The van der Waals surface area contributed by atoms with Crippen LogP contribution in [0.1, 0.15) is 54.9 Å². The summed E-state index contributed by atoms with van der Waals surface area (Å²) in [4.78, 5) is 24.1. The number of urea groups is 1. The van der Waals surface area contributed by atoms with Gasteiger partial charge < -0.3 is 10.6 Å². The normalized spacial score (nSPS) is 26.2. The van der Waals surface area contributed by atoms with E-state index >= 15 is 0 Å². The molecule has 3 rings (SSSR count). The zero-order valence-electron chi connectivity index (χ0n) is 14.7. The second kappa shape index (κ2) is 7.37. The molecule has 4 unspecified atom stereocenters. The maximum atomic E-state index is 12.1. The number of ketones is 1. The van der Waals surface area contributed by atoms with E-state index in [0.717, 1.165) is 17.4 Å². The Bertz CT molecular complexity index is 596. The van der Waals surface area contributed by atoms with Crippen LogP contribution in [0.15, 0.2) is 24.3 Å². The van der Waals surface area contributed by atoms with E-state index in [1.54, 1.807) is 0 Å². The number of amides is 2. The zero-order chi connectivity index (χ0) is 17.1.